The first-order chi connectivity index (χ1) is 31.0. The molecule has 0 saturated carbocycles. The number of unbranched alkanes of at least 4 members (excludes halogenated alkanes) is 13. The zero-order valence-electron chi connectivity index (χ0n) is 40.3. The topological polar surface area (TPSA) is 78.9 Å². The summed E-state index contributed by atoms with van der Waals surface area (Å²) in [5, 5.41) is 0. The van der Waals surface area contributed by atoms with Crippen LogP contribution < -0.4 is 0 Å². The minimum atomic E-state index is -0.846. The molecule has 0 rings (SSSR count). The molecular formula is C57H90O6. The zero-order chi connectivity index (χ0) is 45.8. The van der Waals surface area contributed by atoms with Gasteiger partial charge in [0.2, 0.25) is 0 Å². The summed E-state index contributed by atoms with van der Waals surface area (Å²) < 4.78 is 16.6. The van der Waals surface area contributed by atoms with Gasteiger partial charge >= 0.3 is 17.9 Å². The predicted octanol–water partition coefficient (Wildman–Crippen LogP) is 16.5. The highest BCUT2D eigenvalue weighted by molar-refractivity contribution is 5.71. The first-order valence-electron chi connectivity index (χ1n) is 25.1. The van der Waals surface area contributed by atoms with Gasteiger partial charge in [0.15, 0.2) is 6.10 Å². The standard InChI is InChI=1S/C57H90O6/c1-4-7-10-13-16-19-22-24-26-28-29-31-32-35-38-41-44-47-50-56(59)62-53-54(52-61-55(58)49-46-43-40-37-34-21-18-15-12-9-6-3)63-57(60)51-48-45-42-39-36-33-30-27-25-23-20-17-14-11-8-5-2/h8-9,11-12,17-18,20-21,25-29,31,33,36-37,40,42,45,54H,4-7,10,13-16,19,22-24,30,32,34-35,38-39,41,43-44,46-53H2,1-3H3/b11-8-,12-9-,20-17-,21-18-,27-25-,28-26-,31-29-,36-33-,40-37-,45-42-. The molecule has 63 heavy (non-hydrogen) atoms. The van der Waals surface area contributed by atoms with E-state index in [0.717, 1.165) is 96.3 Å². The van der Waals surface area contributed by atoms with E-state index in [2.05, 4.69) is 130 Å². The summed E-state index contributed by atoms with van der Waals surface area (Å²) in [6.07, 6.45) is 69.2. The van der Waals surface area contributed by atoms with Gasteiger partial charge in [-0.15, -0.1) is 0 Å². The number of allylic oxidation sites excluding steroid dienone is 20. The molecule has 0 bridgehead atoms. The third-order valence-corrected chi connectivity index (χ3v) is 9.97. The highest BCUT2D eigenvalue weighted by atomic mass is 16.6. The highest BCUT2D eigenvalue weighted by Gasteiger charge is 2.19. The number of hydrogen-bond donors (Lipinski definition) is 0. The summed E-state index contributed by atoms with van der Waals surface area (Å²) >= 11 is 0. The Bertz CT molecular complexity index is 1370. The summed E-state index contributed by atoms with van der Waals surface area (Å²) in [6, 6.07) is 0. The van der Waals surface area contributed by atoms with E-state index in [4.69, 9.17) is 14.2 Å². The molecule has 354 valence electrons. The fraction of sp³-hybridized carbons (Fsp3) is 0.596. The maximum atomic E-state index is 12.7. The van der Waals surface area contributed by atoms with Crippen molar-refractivity contribution in [2.45, 2.75) is 207 Å². The zero-order valence-corrected chi connectivity index (χ0v) is 40.3. The molecule has 6 nitrogen and oxygen atoms in total. The van der Waals surface area contributed by atoms with E-state index in [-0.39, 0.29) is 38.0 Å². The van der Waals surface area contributed by atoms with Crippen molar-refractivity contribution in [3.63, 3.8) is 0 Å². The van der Waals surface area contributed by atoms with Crippen molar-refractivity contribution in [1.29, 1.82) is 0 Å². The monoisotopic (exact) mass is 871 g/mol. The lowest BCUT2D eigenvalue weighted by molar-refractivity contribution is -0.166. The molecule has 6 heteroatoms. The van der Waals surface area contributed by atoms with E-state index < -0.39 is 12.1 Å². The second kappa shape index (κ2) is 50.5. The van der Waals surface area contributed by atoms with Crippen LogP contribution in [-0.2, 0) is 28.6 Å². The quantitative estimate of drug-likeness (QED) is 0.0200. The lowest BCUT2D eigenvalue weighted by Gasteiger charge is -2.18. The van der Waals surface area contributed by atoms with Crippen molar-refractivity contribution >= 4 is 17.9 Å². The van der Waals surface area contributed by atoms with Gasteiger partial charge in [-0.3, -0.25) is 14.4 Å². The Balaban J connectivity index is 4.56. The van der Waals surface area contributed by atoms with E-state index >= 15 is 0 Å². The first kappa shape index (κ1) is 58.8. The van der Waals surface area contributed by atoms with Crippen LogP contribution in [0.5, 0.6) is 0 Å². The van der Waals surface area contributed by atoms with Gasteiger partial charge in [0.1, 0.15) is 13.2 Å². The van der Waals surface area contributed by atoms with Gasteiger partial charge < -0.3 is 14.2 Å². The minimum absolute atomic E-state index is 0.135. The van der Waals surface area contributed by atoms with Crippen LogP contribution in [0, 0.1) is 0 Å². The SMILES string of the molecule is CC/C=C\C/C=C\C/C=C\C/C=C\C/C=C\CCC(=O)OC(COC(=O)CCC/C=C\C/C=C\C/C=C\CC)COC(=O)CCCCCCC/C=C\C=C/CCCCCCCCC. The van der Waals surface area contributed by atoms with Crippen molar-refractivity contribution < 1.29 is 28.6 Å². The Hall–Kier alpha value is -4.19. The molecule has 0 aromatic rings. The van der Waals surface area contributed by atoms with Crippen LogP contribution in [0.2, 0.25) is 0 Å². The van der Waals surface area contributed by atoms with E-state index in [0.29, 0.717) is 19.3 Å². The maximum Gasteiger partial charge on any atom is 0.306 e. The first-order valence-corrected chi connectivity index (χ1v) is 25.1. The average Bonchev–Trinajstić information content (AvgIpc) is 3.28. The van der Waals surface area contributed by atoms with Gasteiger partial charge in [-0.25, -0.2) is 0 Å². The predicted molar refractivity (Wildman–Crippen MR) is 269 cm³/mol. The van der Waals surface area contributed by atoms with Crippen LogP contribution in [0.4, 0.5) is 0 Å². The summed E-state index contributed by atoms with van der Waals surface area (Å²) in [5.41, 5.74) is 0. The van der Waals surface area contributed by atoms with Crippen molar-refractivity contribution in [1.82, 2.24) is 0 Å². The van der Waals surface area contributed by atoms with E-state index in [1.807, 2.05) is 12.2 Å². The molecule has 0 aliphatic rings. The minimum Gasteiger partial charge on any atom is -0.462 e. The largest absolute Gasteiger partial charge is 0.462 e. The summed E-state index contributed by atoms with van der Waals surface area (Å²) in [5.74, 6) is -1.10. The number of hydrogen-bond acceptors (Lipinski definition) is 6. The van der Waals surface area contributed by atoms with Crippen LogP contribution in [0.1, 0.15) is 201 Å². The van der Waals surface area contributed by atoms with Gasteiger partial charge in [0.25, 0.3) is 0 Å². The average molecular weight is 871 g/mol. The van der Waals surface area contributed by atoms with Gasteiger partial charge in [-0.1, -0.05) is 200 Å². The molecule has 0 spiro atoms. The molecule has 0 amide bonds. The smallest absolute Gasteiger partial charge is 0.306 e. The number of carbonyl (C=O) groups excluding carboxylic acids is 3. The Kier molecular flexibility index (Phi) is 47.1. The number of carbonyl (C=O) groups is 3. The van der Waals surface area contributed by atoms with Gasteiger partial charge in [0.05, 0.1) is 0 Å². The maximum absolute atomic E-state index is 12.7. The second-order valence-corrected chi connectivity index (χ2v) is 16.0. The second-order valence-electron chi connectivity index (χ2n) is 16.0. The Morgan fingerprint density at radius 3 is 1.17 bits per heavy atom. The molecule has 0 radical (unpaired) electrons. The molecule has 1 unspecified atom stereocenters. The van der Waals surface area contributed by atoms with Gasteiger partial charge in [-0.05, 0) is 103 Å². The van der Waals surface area contributed by atoms with Crippen molar-refractivity contribution in [2.75, 3.05) is 13.2 Å². The van der Waals surface area contributed by atoms with Crippen LogP contribution in [0.3, 0.4) is 0 Å². The third kappa shape index (κ3) is 48.7. The molecule has 0 N–H and O–H groups in total. The molecule has 0 fully saturated rings. The highest BCUT2D eigenvalue weighted by Crippen LogP contribution is 2.11. The Labute approximate surface area is 386 Å². The van der Waals surface area contributed by atoms with Crippen LogP contribution in [0.25, 0.3) is 0 Å². The molecular weight excluding hydrogens is 781 g/mol. The third-order valence-electron chi connectivity index (χ3n) is 9.97. The van der Waals surface area contributed by atoms with Crippen molar-refractivity contribution in [3.05, 3.63) is 122 Å². The van der Waals surface area contributed by atoms with E-state index in [9.17, 15) is 14.4 Å². The van der Waals surface area contributed by atoms with E-state index in [1.54, 1.807) is 0 Å². The summed E-state index contributed by atoms with van der Waals surface area (Å²) in [6.45, 7) is 6.25. The fourth-order valence-electron chi connectivity index (χ4n) is 6.27. The molecule has 0 aliphatic carbocycles. The van der Waals surface area contributed by atoms with Crippen molar-refractivity contribution in [3.8, 4) is 0 Å². The van der Waals surface area contributed by atoms with Gasteiger partial charge in [0, 0.05) is 19.3 Å². The number of rotatable bonds is 43. The molecule has 0 aromatic carbocycles. The fourth-order valence-corrected chi connectivity index (χ4v) is 6.27. The van der Waals surface area contributed by atoms with Crippen molar-refractivity contribution in [2.24, 2.45) is 0 Å². The van der Waals surface area contributed by atoms with E-state index in [1.165, 1.54) is 51.4 Å². The van der Waals surface area contributed by atoms with Crippen LogP contribution >= 0.6 is 0 Å². The lowest BCUT2D eigenvalue weighted by atomic mass is 10.1. The molecule has 0 saturated heterocycles. The molecule has 1 atom stereocenters. The molecule has 0 aliphatic heterocycles. The Morgan fingerprint density at radius 1 is 0.349 bits per heavy atom. The Morgan fingerprint density at radius 2 is 0.714 bits per heavy atom. The van der Waals surface area contributed by atoms with Crippen LogP contribution in [0.15, 0.2) is 122 Å². The van der Waals surface area contributed by atoms with Gasteiger partial charge in [-0.2, -0.15) is 0 Å². The summed E-state index contributed by atoms with van der Waals surface area (Å²) in [7, 11) is 0. The molecule has 0 aromatic heterocycles. The lowest BCUT2D eigenvalue weighted by Crippen LogP contribution is -2.30. The molecule has 0 heterocycles. The number of ether oxygens (including phenoxy) is 3. The number of esters is 3. The normalized spacial score (nSPS) is 13.1. The summed E-state index contributed by atoms with van der Waals surface area (Å²) in [4.78, 5) is 37.8. The van der Waals surface area contributed by atoms with Crippen LogP contribution in [-0.4, -0.2) is 37.2 Å².